The zero-order valence-corrected chi connectivity index (χ0v) is 11.8. The van der Waals surface area contributed by atoms with Crippen LogP contribution in [-0.4, -0.2) is 17.8 Å². The quantitative estimate of drug-likeness (QED) is 0.817. The molecule has 17 heavy (non-hydrogen) atoms. The van der Waals surface area contributed by atoms with Crippen LogP contribution in [0.5, 0.6) is 5.75 Å². The van der Waals surface area contributed by atoms with Crippen LogP contribution in [0.4, 0.5) is 5.69 Å². The van der Waals surface area contributed by atoms with E-state index in [-0.39, 0.29) is 5.91 Å². The van der Waals surface area contributed by atoms with Gasteiger partial charge in [0, 0.05) is 5.69 Å². The van der Waals surface area contributed by atoms with Gasteiger partial charge in [0.2, 0.25) is 5.91 Å². The third kappa shape index (κ3) is 5.73. The van der Waals surface area contributed by atoms with Crippen molar-refractivity contribution < 1.29 is 9.53 Å². The first-order chi connectivity index (χ1) is 8.11. The van der Waals surface area contributed by atoms with Crippen molar-refractivity contribution in [1.29, 1.82) is 0 Å². The molecule has 0 fully saturated rings. The van der Waals surface area contributed by atoms with Crippen LogP contribution < -0.4 is 10.1 Å². The van der Waals surface area contributed by atoms with E-state index in [0.29, 0.717) is 11.2 Å². The Kier molecular flexibility index (Phi) is 6.05. The summed E-state index contributed by atoms with van der Waals surface area (Å²) in [5.41, 5.74) is 0.783. The summed E-state index contributed by atoms with van der Waals surface area (Å²) in [4.78, 5) is 11.1. The summed E-state index contributed by atoms with van der Waals surface area (Å²) < 4.78 is 5.58. The van der Waals surface area contributed by atoms with E-state index in [1.807, 2.05) is 24.3 Å². The molecule has 0 aliphatic carbocycles. The largest absolute Gasteiger partial charge is 0.494 e. The first-order valence-electron chi connectivity index (χ1n) is 5.70. The number of hydrogen-bond acceptors (Lipinski definition) is 2. The van der Waals surface area contributed by atoms with Gasteiger partial charge in [0.15, 0.2) is 0 Å². The number of halogens is 1. The summed E-state index contributed by atoms with van der Waals surface area (Å²) in [5, 5.41) is 3.06. The molecule has 1 aromatic carbocycles. The van der Waals surface area contributed by atoms with Gasteiger partial charge in [-0.05, 0) is 36.6 Å². The number of hydrogen-bond donors (Lipinski definition) is 1. The molecule has 0 unspecified atom stereocenters. The van der Waals surface area contributed by atoms with Crippen molar-refractivity contribution in [1.82, 2.24) is 0 Å². The summed E-state index contributed by atoms with van der Waals surface area (Å²) in [6.45, 7) is 5.06. The molecule has 0 aromatic heterocycles. The molecule has 0 saturated heterocycles. The number of amides is 1. The van der Waals surface area contributed by atoms with Gasteiger partial charge in [0.05, 0.1) is 11.9 Å². The van der Waals surface area contributed by atoms with Crippen LogP contribution in [0.25, 0.3) is 0 Å². The minimum Gasteiger partial charge on any atom is -0.494 e. The van der Waals surface area contributed by atoms with Crippen molar-refractivity contribution in [2.24, 2.45) is 5.92 Å². The minimum atomic E-state index is -0.0570. The minimum absolute atomic E-state index is 0.0570. The number of carbonyl (C=O) groups is 1. The van der Waals surface area contributed by atoms with Gasteiger partial charge in [-0.15, -0.1) is 0 Å². The van der Waals surface area contributed by atoms with E-state index in [1.165, 1.54) is 0 Å². The molecule has 0 aliphatic rings. The van der Waals surface area contributed by atoms with E-state index in [0.717, 1.165) is 24.5 Å². The summed E-state index contributed by atoms with van der Waals surface area (Å²) >= 11 is 3.10. The average Bonchev–Trinajstić information content (AvgIpc) is 2.31. The molecular formula is C13H18BrNO2. The highest BCUT2D eigenvalue weighted by Crippen LogP contribution is 2.16. The number of ether oxygens (including phenoxy) is 1. The lowest BCUT2D eigenvalue weighted by Gasteiger charge is -2.09. The number of nitrogens with one attached hydrogen (secondary N) is 1. The number of rotatable bonds is 6. The fourth-order valence-corrected chi connectivity index (χ4v) is 1.38. The van der Waals surface area contributed by atoms with Crippen molar-refractivity contribution in [2.45, 2.75) is 20.3 Å². The Morgan fingerprint density at radius 1 is 1.35 bits per heavy atom. The SMILES string of the molecule is CC(C)CCOc1ccc(NC(=O)CBr)cc1. The van der Waals surface area contributed by atoms with Crippen LogP contribution in [0.1, 0.15) is 20.3 Å². The molecule has 0 spiro atoms. The zero-order chi connectivity index (χ0) is 12.7. The van der Waals surface area contributed by atoms with Crippen LogP contribution in [0, 0.1) is 5.92 Å². The Hall–Kier alpha value is -1.03. The van der Waals surface area contributed by atoms with Crippen LogP contribution in [0.15, 0.2) is 24.3 Å². The number of alkyl halides is 1. The molecule has 3 nitrogen and oxygen atoms in total. The highest BCUT2D eigenvalue weighted by Gasteiger charge is 2.00. The Labute approximate surface area is 111 Å². The molecule has 0 atom stereocenters. The van der Waals surface area contributed by atoms with Gasteiger partial charge < -0.3 is 10.1 Å². The van der Waals surface area contributed by atoms with Gasteiger partial charge in [-0.3, -0.25) is 4.79 Å². The monoisotopic (exact) mass is 299 g/mol. The molecule has 0 saturated carbocycles. The highest BCUT2D eigenvalue weighted by atomic mass is 79.9. The Balaban J connectivity index is 2.42. The smallest absolute Gasteiger partial charge is 0.235 e. The van der Waals surface area contributed by atoms with Crippen molar-refractivity contribution in [2.75, 3.05) is 17.3 Å². The van der Waals surface area contributed by atoms with Crippen molar-refractivity contribution in [3.8, 4) is 5.75 Å². The average molecular weight is 300 g/mol. The van der Waals surface area contributed by atoms with Gasteiger partial charge in [0.1, 0.15) is 5.75 Å². The van der Waals surface area contributed by atoms with Crippen molar-refractivity contribution >= 4 is 27.5 Å². The first-order valence-corrected chi connectivity index (χ1v) is 6.82. The Bertz CT molecular complexity index is 349. The second kappa shape index (κ2) is 7.33. The van der Waals surface area contributed by atoms with Crippen LogP contribution >= 0.6 is 15.9 Å². The molecule has 1 amide bonds. The summed E-state index contributed by atoms with van der Waals surface area (Å²) in [6.07, 6.45) is 1.04. The number of carbonyl (C=O) groups excluding carboxylic acids is 1. The van der Waals surface area contributed by atoms with E-state index in [4.69, 9.17) is 4.74 Å². The second-order valence-electron chi connectivity index (χ2n) is 4.24. The van der Waals surface area contributed by atoms with E-state index in [9.17, 15) is 4.79 Å². The summed E-state index contributed by atoms with van der Waals surface area (Å²) in [6, 6.07) is 7.41. The molecular weight excluding hydrogens is 282 g/mol. The predicted octanol–water partition coefficient (Wildman–Crippen LogP) is 3.44. The Morgan fingerprint density at radius 3 is 2.53 bits per heavy atom. The number of benzene rings is 1. The fraction of sp³-hybridized carbons (Fsp3) is 0.462. The third-order valence-electron chi connectivity index (χ3n) is 2.22. The second-order valence-corrected chi connectivity index (χ2v) is 4.80. The van der Waals surface area contributed by atoms with Crippen molar-refractivity contribution in [3.05, 3.63) is 24.3 Å². The molecule has 1 rings (SSSR count). The van der Waals surface area contributed by atoms with Crippen molar-refractivity contribution in [3.63, 3.8) is 0 Å². The lowest BCUT2D eigenvalue weighted by atomic mass is 10.1. The molecule has 0 radical (unpaired) electrons. The third-order valence-corrected chi connectivity index (χ3v) is 2.73. The lowest BCUT2D eigenvalue weighted by molar-refractivity contribution is -0.113. The lowest BCUT2D eigenvalue weighted by Crippen LogP contribution is -2.12. The highest BCUT2D eigenvalue weighted by molar-refractivity contribution is 9.09. The van der Waals surface area contributed by atoms with Gasteiger partial charge in [0.25, 0.3) is 0 Å². The molecule has 1 N–H and O–H groups in total. The summed E-state index contributed by atoms with van der Waals surface area (Å²) in [5.74, 6) is 1.42. The van der Waals surface area contributed by atoms with Crippen LogP contribution in [0.3, 0.4) is 0 Å². The standard InChI is InChI=1S/C13H18BrNO2/c1-10(2)7-8-17-12-5-3-11(4-6-12)15-13(16)9-14/h3-6,10H,7-9H2,1-2H3,(H,15,16). The predicted molar refractivity (Wildman–Crippen MR) is 73.8 cm³/mol. The van der Waals surface area contributed by atoms with Gasteiger partial charge >= 0.3 is 0 Å². The molecule has 4 heteroatoms. The molecule has 0 bridgehead atoms. The van der Waals surface area contributed by atoms with Gasteiger partial charge in [-0.2, -0.15) is 0 Å². The van der Waals surface area contributed by atoms with Crippen LogP contribution in [0.2, 0.25) is 0 Å². The fourth-order valence-electron chi connectivity index (χ4n) is 1.24. The van der Waals surface area contributed by atoms with Gasteiger partial charge in [-0.1, -0.05) is 29.8 Å². The number of anilines is 1. The Morgan fingerprint density at radius 2 is 2.00 bits per heavy atom. The maximum atomic E-state index is 11.1. The normalized spacial score (nSPS) is 10.4. The molecule has 94 valence electrons. The maximum Gasteiger partial charge on any atom is 0.235 e. The van der Waals surface area contributed by atoms with Crippen LogP contribution in [-0.2, 0) is 4.79 Å². The van der Waals surface area contributed by atoms with E-state index in [1.54, 1.807) is 0 Å². The van der Waals surface area contributed by atoms with Gasteiger partial charge in [-0.25, -0.2) is 0 Å². The van der Waals surface area contributed by atoms with E-state index in [2.05, 4.69) is 35.1 Å². The summed E-state index contributed by atoms with van der Waals surface area (Å²) in [7, 11) is 0. The molecule has 0 heterocycles. The molecule has 1 aromatic rings. The van der Waals surface area contributed by atoms with E-state index < -0.39 is 0 Å². The molecule has 0 aliphatic heterocycles. The van der Waals surface area contributed by atoms with E-state index >= 15 is 0 Å². The first kappa shape index (κ1) is 14.0. The topological polar surface area (TPSA) is 38.3 Å². The maximum absolute atomic E-state index is 11.1. The zero-order valence-electron chi connectivity index (χ0n) is 10.2.